The Labute approximate surface area is 129 Å². The Balaban J connectivity index is 1.95. The molecule has 0 radical (unpaired) electrons. The van der Waals surface area contributed by atoms with E-state index in [0.717, 1.165) is 6.07 Å². The van der Waals surface area contributed by atoms with Crippen molar-refractivity contribution in [2.45, 2.75) is 18.1 Å². The average molecular weight is 327 g/mol. The van der Waals surface area contributed by atoms with Gasteiger partial charge in [-0.3, -0.25) is 4.79 Å². The van der Waals surface area contributed by atoms with Gasteiger partial charge in [0.05, 0.1) is 24.1 Å². The lowest BCUT2D eigenvalue weighted by atomic mass is 10.1. The summed E-state index contributed by atoms with van der Waals surface area (Å²) < 4.78 is 44.7. The first-order valence-corrected chi connectivity index (χ1v) is 7.61. The second-order valence-electron chi connectivity index (χ2n) is 4.85. The van der Waals surface area contributed by atoms with Crippen LogP contribution in [0.3, 0.4) is 0 Å². The van der Waals surface area contributed by atoms with Crippen LogP contribution in [0, 0.1) is 0 Å². The summed E-state index contributed by atoms with van der Waals surface area (Å²) in [6.07, 6.45) is -2.97. The zero-order valence-electron chi connectivity index (χ0n) is 11.3. The monoisotopic (exact) mass is 327 g/mol. The minimum atomic E-state index is -4.45. The summed E-state index contributed by atoms with van der Waals surface area (Å²) in [5, 5.41) is -0.657. The molecule has 116 valence electrons. The Hall–Kier alpha value is -1.89. The molecule has 1 aliphatic rings. The Kier molecular flexibility index (Phi) is 3.90. The number of benzene rings is 1. The van der Waals surface area contributed by atoms with E-state index in [1.807, 2.05) is 0 Å². The fourth-order valence-corrected chi connectivity index (χ4v) is 3.65. The quantitative estimate of drug-likeness (QED) is 0.852. The maximum Gasteiger partial charge on any atom is 0.416 e. The van der Waals surface area contributed by atoms with E-state index in [1.165, 1.54) is 35.1 Å². The van der Waals surface area contributed by atoms with Gasteiger partial charge in [-0.1, -0.05) is 18.2 Å². The Morgan fingerprint density at radius 3 is 2.68 bits per heavy atom. The number of hydrogen-bond donors (Lipinski definition) is 0. The van der Waals surface area contributed by atoms with Crippen molar-refractivity contribution in [3.63, 3.8) is 0 Å². The third-order valence-electron chi connectivity index (χ3n) is 3.41. The van der Waals surface area contributed by atoms with Gasteiger partial charge in [-0.15, -0.1) is 11.8 Å². The Morgan fingerprint density at radius 2 is 2.00 bits per heavy atom. The van der Waals surface area contributed by atoms with Crippen molar-refractivity contribution in [3.05, 3.63) is 59.5 Å². The van der Waals surface area contributed by atoms with Gasteiger partial charge in [0, 0.05) is 0 Å². The van der Waals surface area contributed by atoms with E-state index in [0.29, 0.717) is 5.76 Å². The largest absolute Gasteiger partial charge is 0.467 e. The molecule has 0 aliphatic carbocycles. The second-order valence-corrected chi connectivity index (χ2v) is 5.92. The molecular formula is C15H12F3NO2S. The molecule has 1 amide bonds. The standard InChI is InChI=1S/C15H12F3NO2S/c16-15(17,18)12-6-2-1-5-11(12)14-19(13(20)9-22-14)8-10-4-3-7-21-10/h1-7,14H,8-9H2. The highest BCUT2D eigenvalue weighted by atomic mass is 32.2. The Bertz CT molecular complexity index is 670. The summed E-state index contributed by atoms with van der Waals surface area (Å²) in [6, 6.07) is 8.76. The summed E-state index contributed by atoms with van der Waals surface area (Å²) in [7, 11) is 0. The van der Waals surface area contributed by atoms with Crippen molar-refractivity contribution < 1.29 is 22.4 Å². The van der Waals surface area contributed by atoms with E-state index in [-0.39, 0.29) is 23.8 Å². The van der Waals surface area contributed by atoms with Gasteiger partial charge >= 0.3 is 6.18 Å². The number of carbonyl (C=O) groups is 1. The number of nitrogens with zero attached hydrogens (tertiary/aromatic N) is 1. The summed E-state index contributed by atoms with van der Waals surface area (Å²) >= 11 is 1.20. The first kappa shape index (κ1) is 15.0. The fraction of sp³-hybridized carbons (Fsp3) is 0.267. The van der Waals surface area contributed by atoms with E-state index in [2.05, 4.69) is 0 Å². The van der Waals surface area contributed by atoms with E-state index < -0.39 is 17.1 Å². The third-order valence-corrected chi connectivity index (χ3v) is 4.64. The predicted octanol–water partition coefficient (Wildman–Crippen LogP) is 4.07. The molecule has 0 N–H and O–H groups in total. The molecule has 1 fully saturated rings. The van der Waals surface area contributed by atoms with Gasteiger partial charge in [-0.05, 0) is 23.8 Å². The number of rotatable bonds is 3. The maximum absolute atomic E-state index is 13.2. The fourth-order valence-electron chi connectivity index (χ4n) is 2.42. The number of hydrogen-bond acceptors (Lipinski definition) is 3. The number of alkyl halides is 3. The van der Waals surface area contributed by atoms with E-state index in [4.69, 9.17) is 4.42 Å². The molecule has 3 nitrogen and oxygen atoms in total. The van der Waals surface area contributed by atoms with Gasteiger partial charge in [-0.2, -0.15) is 13.2 Å². The van der Waals surface area contributed by atoms with Crippen LogP contribution in [-0.2, 0) is 17.5 Å². The molecule has 1 atom stereocenters. The van der Waals surface area contributed by atoms with Crippen LogP contribution in [0.5, 0.6) is 0 Å². The van der Waals surface area contributed by atoms with E-state index in [1.54, 1.807) is 18.2 Å². The zero-order valence-corrected chi connectivity index (χ0v) is 12.2. The molecule has 1 aromatic carbocycles. The van der Waals surface area contributed by atoms with Crippen molar-refractivity contribution in [3.8, 4) is 0 Å². The van der Waals surface area contributed by atoms with Gasteiger partial charge < -0.3 is 9.32 Å². The molecule has 0 saturated carbocycles. The molecule has 2 heterocycles. The van der Waals surface area contributed by atoms with Gasteiger partial charge in [0.15, 0.2) is 0 Å². The van der Waals surface area contributed by atoms with Crippen molar-refractivity contribution in [1.29, 1.82) is 0 Å². The maximum atomic E-state index is 13.2. The van der Waals surface area contributed by atoms with Crippen LogP contribution >= 0.6 is 11.8 Å². The van der Waals surface area contributed by atoms with E-state index in [9.17, 15) is 18.0 Å². The molecule has 0 bridgehead atoms. The van der Waals surface area contributed by atoms with Crippen molar-refractivity contribution in [2.75, 3.05) is 5.75 Å². The van der Waals surface area contributed by atoms with Crippen LogP contribution in [0.15, 0.2) is 47.1 Å². The highest BCUT2D eigenvalue weighted by Crippen LogP contribution is 2.44. The molecule has 2 aromatic rings. The van der Waals surface area contributed by atoms with Crippen LogP contribution in [0.4, 0.5) is 13.2 Å². The molecular weight excluding hydrogens is 315 g/mol. The van der Waals surface area contributed by atoms with Crippen LogP contribution in [0.25, 0.3) is 0 Å². The average Bonchev–Trinajstić information content (AvgIpc) is 3.10. The lowest BCUT2D eigenvalue weighted by Crippen LogP contribution is -2.28. The van der Waals surface area contributed by atoms with Crippen molar-refractivity contribution in [1.82, 2.24) is 4.90 Å². The molecule has 1 aromatic heterocycles. The molecule has 1 unspecified atom stereocenters. The highest BCUT2D eigenvalue weighted by molar-refractivity contribution is 8.00. The summed E-state index contributed by atoms with van der Waals surface area (Å²) in [4.78, 5) is 13.5. The number of furan rings is 1. The number of amides is 1. The number of carbonyl (C=O) groups excluding carboxylic acids is 1. The lowest BCUT2D eigenvalue weighted by Gasteiger charge is -2.25. The minimum Gasteiger partial charge on any atom is -0.467 e. The number of thioether (sulfide) groups is 1. The van der Waals surface area contributed by atoms with Crippen molar-refractivity contribution >= 4 is 17.7 Å². The van der Waals surface area contributed by atoms with Crippen LogP contribution in [-0.4, -0.2) is 16.6 Å². The van der Waals surface area contributed by atoms with E-state index >= 15 is 0 Å². The molecule has 3 rings (SSSR count). The van der Waals surface area contributed by atoms with Crippen LogP contribution in [0.1, 0.15) is 22.3 Å². The lowest BCUT2D eigenvalue weighted by molar-refractivity contribution is -0.139. The first-order valence-electron chi connectivity index (χ1n) is 6.56. The van der Waals surface area contributed by atoms with Crippen molar-refractivity contribution in [2.24, 2.45) is 0 Å². The van der Waals surface area contributed by atoms with Gasteiger partial charge in [0.2, 0.25) is 5.91 Å². The molecule has 22 heavy (non-hydrogen) atoms. The third kappa shape index (κ3) is 2.85. The van der Waals surface area contributed by atoms with Crippen LogP contribution in [0.2, 0.25) is 0 Å². The van der Waals surface area contributed by atoms with Gasteiger partial charge in [-0.25, -0.2) is 0 Å². The zero-order chi connectivity index (χ0) is 15.7. The van der Waals surface area contributed by atoms with Gasteiger partial charge in [0.1, 0.15) is 11.1 Å². The smallest absolute Gasteiger partial charge is 0.416 e. The topological polar surface area (TPSA) is 33.5 Å². The summed E-state index contributed by atoms with van der Waals surface area (Å²) in [5.41, 5.74) is -0.593. The second kappa shape index (κ2) is 5.72. The first-order chi connectivity index (χ1) is 10.5. The Morgan fingerprint density at radius 1 is 1.23 bits per heavy atom. The SMILES string of the molecule is O=C1CSC(c2ccccc2C(F)(F)F)N1Cc1ccco1. The predicted molar refractivity (Wildman–Crippen MR) is 75.9 cm³/mol. The summed E-state index contributed by atoms with van der Waals surface area (Å²) in [6.45, 7) is 0.162. The van der Waals surface area contributed by atoms with Gasteiger partial charge in [0.25, 0.3) is 0 Å². The van der Waals surface area contributed by atoms with Crippen LogP contribution < -0.4 is 0 Å². The normalized spacial score (nSPS) is 19.0. The summed E-state index contributed by atoms with van der Waals surface area (Å²) in [5.74, 6) is 0.520. The molecule has 1 saturated heterocycles. The molecule has 1 aliphatic heterocycles. The molecule has 7 heteroatoms. The highest BCUT2D eigenvalue weighted by Gasteiger charge is 2.40. The molecule has 0 spiro atoms. The number of halogens is 3. The minimum absolute atomic E-state index is 0.109.